The third-order valence-electron chi connectivity index (χ3n) is 7.08. The quantitative estimate of drug-likeness (QED) is 0.282. The van der Waals surface area contributed by atoms with Crippen molar-refractivity contribution in [2.45, 2.75) is 64.7 Å². The van der Waals surface area contributed by atoms with E-state index in [0.29, 0.717) is 36.1 Å². The first-order valence-corrected chi connectivity index (χ1v) is 13.5. The van der Waals surface area contributed by atoms with Crippen molar-refractivity contribution in [3.63, 3.8) is 0 Å². The summed E-state index contributed by atoms with van der Waals surface area (Å²) in [6, 6.07) is 17.5. The molecule has 1 N–H and O–H groups in total. The average molecular weight is 505 g/mol. The molecule has 0 unspecified atom stereocenters. The number of amides is 2. The van der Waals surface area contributed by atoms with E-state index in [4.69, 9.17) is 0 Å². The minimum absolute atomic E-state index is 0.00246. The number of aromatic nitrogens is 2. The van der Waals surface area contributed by atoms with Crippen molar-refractivity contribution in [2.24, 2.45) is 5.92 Å². The minimum Gasteiger partial charge on any atom is -0.333 e. The monoisotopic (exact) mass is 504 g/mol. The Balaban J connectivity index is 1.49. The molecule has 2 aromatic carbocycles. The van der Waals surface area contributed by atoms with Gasteiger partial charge in [0.2, 0.25) is 11.8 Å². The molecule has 37 heavy (non-hydrogen) atoms. The normalized spacial score (nSPS) is 13.6. The minimum atomic E-state index is -0.344. The number of nitrogens with one attached hydrogen (secondary N) is 1. The maximum atomic E-state index is 13.6. The molecule has 1 aliphatic carbocycles. The van der Waals surface area contributed by atoms with Gasteiger partial charge in [-0.2, -0.15) is 5.10 Å². The number of anilines is 1. The van der Waals surface area contributed by atoms with Gasteiger partial charge in [0.1, 0.15) is 11.6 Å². The second-order valence-electron chi connectivity index (χ2n) is 9.93. The van der Waals surface area contributed by atoms with E-state index >= 15 is 0 Å². The Kier molecular flexibility index (Phi) is 9.46. The highest BCUT2D eigenvalue weighted by atomic mass is 19.1. The summed E-state index contributed by atoms with van der Waals surface area (Å²) in [5.74, 6) is 0.548. The zero-order valence-corrected chi connectivity index (χ0v) is 21.7. The van der Waals surface area contributed by atoms with Gasteiger partial charge in [-0.25, -0.2) is 9.07 Å². The summed E-state index contributed by atoms with van der Waals surface area (Å²) in [6.45, 7) is 2.71. The van der Waals surface area contributed by atoms with Crippen molar-refractivity contribution in [1.29, 1.82) is 0 Å². The summed E-state index contributed by atoms with van der Waals surface area (Å²) in [6.07, 6.45) is 9.29. The van der Waals surface area contributed by atoms with Crippen LogP contribution in [0.4, 0.5) is 10.2 Å². The molecule has 1 heterocycles. The first-order valence-electron chi connectivity index (χ1n) is 13.5. The van der Waals surface area contributed by atoms with Crippen LogP contribution in [0.25, 0.3) is 16.9 Å². The van der Waals surface area contributed by atoms with Gasteiger partial charge in [-0.1, -0.05) is 75.8 Å². The summed E-state index contributed by atoms with van der Waals surface area (Å²) in [5.41, 5.74) is 2.22. The number of nitrogens with zero attached hydrogens (tertiary/aromatic N) is 3. The fourth-order valence-electron chi connectivity index (χ4n) is 4.98. The van der Waals surface area contributed by atoms with E-state index in [0.717, 1.165) is 31.2 Å². The number of halogens is 1. The smallest absolute Gasteiger partial charge is 0.245 e. The third kappa shape index (κ3) is 7.51. The Labute approximate surface area is 218 Å². The number of hydrogen-bond donors (Lipinski definition) is 1. The van der Waals surface area contributed by atoms with Gasteiger partial charge in [0.15, 0.2) is 0 Å². The molecular weight excluding hydrogens is 467 g/mol. The van der Waals surface area contributed by atoms with Gasteiger partial charge >= 0.3 is 0 Å². The van der Waals surface area contributed by atoms with Gasteiger partial charge in [-0.3, -0.25) is 9.59 Å². The van der Waals surface area contributed by atoms with E-state index in [9.17, 15) is 14.0 Å². The molecule has 6 nitrogen and oxygen atoms in total. The van der Waals surface area contributed by atoms with E-state index in [1.807, 2.05) is 30.3 Å². The van der Waals surface area contributed by atoms with Crippen LogP contribution in [0.1, 0.15) is 64.7 Å². The van der Waals surface area contributed by atoms with Crippen LogP contribution in [0.5, 0.6) is 0 Å². The zero-order valence-electron chi connectivity index (χ0n) is 21.7. The fourth-order valence-corrected chi connectivity index (χ4v) is 4.98. The van der Waals surface area contributed by atoms with Crippen molar-refractivity contribution in [2.75, 3.05) is 18.4 Å². The molecule has 7 heteroatoms. The fraction of sp³-hybridized carbons (Fsp3) is 0.433. The zero-order chi connectivity index (χ0) is 26.0. The molecule has 0 bridgehead atoms. The molecule has 2 amide bonds. The van der Waals surface area contributed by atoms with Crippen LogP contribution in [0.2, 0.25) is 0 Å². The highest BCUT2D eigenvalue weighted by molar-refractivity contribution is 5.94. The Morgan fingerprint density at radius 3 is 2.49 bits per heavy atom. The number of carbonyl (C=O) groups is 2. The molecule has 1 saturated carbocycles. The predicted octanol–water partition coefficient (Wildman–Crippen LogP) is 6.61. The third-order valence-corrected chi connectivity index (χ3v) is 7.08. The van der Waals surface area contributed by atoms with Crippen molar-refractivity contribution in [1.82, 2.24) is 14.7 Å². The Hall–Kier alpha value is -3.48. The van der Waals surface area contributed by atoms with Crippen LogP contribution >= 0.6 is 0 Å². The van der Waals surface area contributed by atoms with Crippen LogP contribution in [-0.2, 0) is 9.59 Å². The SMILES string of the molecule is CCCCCN(CC(=O)Nc1cc(-c2ccccc2)nn1-c1ccc(F)cc1)C(=O)CCC1CCCC1. The molecule has 0 atom stereocenters. The van der Waals surface area contributed by atoms with Crippen molar-refractivity contribution >= 4 is 17.6 Å². The van der Waals surface area contributed by atoms with Gasteiger partial charge in [0.05, 0.1) is 17.9 Å². The van der Waals surface area contributed by atoms with Gasteiger partial charge in [-0.15, -0.1) is 0 Å². The molecular formula is C30H37FN4O2. The first kappa shape index (κ1) is 26.6. The first-order chi connectivity index (χ1) is 18.0. The van der Waals surface area contributed by atoms with Crippen molar-refractivity contribution in [3.8, 4) is 16.9 Å². The molecule has 3 aromatic rings. The predicted molar refractivity (Wildman–Crippen MR) is 145 cm³/mol. The summed E-state index contributed by atoms with van der Waals surface area (Å²) >= 11 is 0. The summed E-state index contributed by atoms with van der Waals surface area (Å²) in [7, 11) is 0. The molecule has 0 spiro atoms. The van der Waals surface area contributed by atoms with E-state index in [2.05, 4.69) is 17.3 Å². The van der Waals surface area contributed by atoms with Gasteiger partial charge in [0.25, 0.3) is 0 Å². The van der Waals surface area contributed by atoms with E-state index in [1.54, 1.807) is 27.8 Å². The number of hydrogen-bond acceptors (Lipinski definition) is 3. The number of unbranched alkanes of at least 4 members (excludes halogenated alkanes) is 2. The lowest BCUT2D eigenvalue weighted by atomic mass is 10.0. The Morgan fingerprint density at radius 2 is 1.78 bits per heavy atom. The lowest BCUT2D eigenvalue weighted by Crippen LogP contribution is -2.39. The number of rotatable bonds is 12. The second-order valence-corrected chi connectivity index (χ2v) is 9.93. The maximum absolute atomic E-state index is 13.6. The van der Waals surface area contributed by atoms with Gasteiger partial charge in [-0.05, 0) is 43.0 Å². The number of benzene rings is 2. The second kappa shape index (κ2) is 13.2. The van der Waals surface area contributed by atoms with Crippen LogP contribution in [-0.4, -0.2) is 39.6 Å². The molecule has 1 fully saturated rings. The molecule has 196 valence electrons. The van der Waals surface area contributed by atoms with E-state index < -0.39 is 0 Å². The van der Waals surface area contributed by atoms with Gasteiger partial charge in [0, 0.05) is 24.6 Å². The Bertz CT molecular complexity index is 1150. The highest BCUT2D eigenvalue weighted by Crippen LogP contribution is 2.29. The Morgan fingerprint density at radius 1 is 1.05 bits per heavy atom. The highest BCUT2D eigenvalue weighted by Gasteiger charge is 2.22. The summed E-state index contributed by atoms with van der Waals surface area (Å²) in [5, 5.41) is 7.64. The molecule has 0 radical (unpaired) electrons. The van der Waals surface area contributed by atoms with E-state index in [1.165, 1.54) is 37.8 Å². The number of carbonyl (C=O) groups excluding carboxylic acids is 2. The molecule has 0 saturated heterocycles. The molecule has 1 aliphatic rings. The topological polar surface area (TPSA) is 67.2 Å². The van der Waals surface area contributed by atoms with Crippen LogP contribution in [0, 0.1) is 11.7 Å². The molecule has 4 rings (SSSR count). The van der Waals surface area contributed by atoms with Crippen molar-refractivity contribution < 1.29 is 14.0 Å². The molecule has 1 aromatic heterocycles. The van der Waals surface area contributed by atoms with E-state index in [-0.39, 0.29) is 24.2 Å². The largest absolute Gasteiger partial charge is 0.333 e. The summed E-state index contributed by atoms with van der Waals surface area (Å²) < 4.78 is 15.2. The standard InChI is InChI=1S/C30H37FN4O2/c1-2-3-9-20-34(30(37)19-14-23-10-7-8-11-23)22-29(36)32-28-21-27(24-12-5-4-6-13-24)33-35(28)26-17-15-25(31)16-18-26/h4-6,12-13,15-18,21,23H,2-3,7-11,14,19-20,22H2,1H3,(H,32,36). The van der Waals surface area contributed by atoms with Crippen LogP contribution in [0.3, 0.4) is 0 Å². The lowest BCUT2D eigenvalue weighted by molar-refractivity contribution is -0.135. The molecule has 0 aliphatic heterocycles. The average Bonchev–Trinajstić information content (AvgIpc) is 3.58. The van der Waals surface area contributed by atoms with Crippen molar-refractivity contribution in [3.05, 3.63) is 66.5 Å². The van der Waals surface area contributed by atoms with Crippen LogP contribution in [0.15, 0.2) is 60.7 Å². The maximum Gasteiger partial charge on any atom is 0.245 e. The van der Waals surface area contributed by atoms with Gasteiger partial charge < -0.3 is 10.2 Å². The lowest BCUT2D eigenvalue weighted by Gasteiger charge is -2.23. The summed E-state index contributed by atoms with van der Waals surface area (Å²) in [4.78, 5) is 28.0. The van der Waals surface area contributed by atoms with Crippen LogP contribution < -0.4 is 5.32 Å².